The van der Waals surface area contributed by atoms with E-state index < -0.39 is 45.6 Å². The molecular weight excluding hydrogens is 657 g/mol. The molecule has 1 aromatic heterocycles. The average Bonchev–Trinajstić information content (AvgIpc) is 3.46. The molecule has 1 saturated heterocycles. The first-order valence-electron chi connectivity index (χ1n) is 13.9. The van der Waals surface area contributed by atoms with Crippen molar-refractivity contribution >= 4 is 81.4 Å². The molecule has 0 saturated carbocycles. The van der Waals surface area contributed by atoms with Crippen molar-refractivity contribution in [3.63, 3.8) is 0 Å². The van der Waals surface area contributed by atoms with Gasteiger partial charge in [0, 0.05) is 16.5 Å². The second-order valence-corrected chi connectivity index (χ2v) is 13.4. The van der Waals surface area contributed by atoms with Gasteiger partial charge in [0.15, 0.2) is 0 Å². The van der Waals surface area contributed by atoms with Crippen molar-refractivity contribution in [2.24, 2.45) is 5.92 Å². The second-order valence-electron chi connectivity index (χ2n) is 10.5. The second kappa shape index (κ2) is 12.5. The number of hydrogen-bond donors (Lipinski definition) is 1. The van der Waals surface area contributed by atoms with E-state index in [0.29, 0.717) is 26.8 Å². The predicted octanol–water partition coefficient (Wildman–Crippen LogP) is 6.14. The summed E-state index contributed by atoms with van der Waals surface area (Å²) in [6.07, 6.45) is 0. The summed E-state index contributed by atoms with van der Waals surface area (Å²) in [5.41, 5.74) is 2.69. The van der Waals surface area contributed by atoms with Gasteiger partial charge in [-0.3, -0.25) is 23.7 Å². The van der Waals surface area contributed by atoms with E-state index in [9.17, 15) is 24.0 Å². The van der Waals surface area contributed by atoms with Gasteiger partial charge >= 0.3 is 10.8 Å². The summed E-state index contributed by atoms with van der Waals surface area (Å²) in [6, 6.07) is 18.3. The van der Waals surface area contributed by atoms with E-state index >= 15 is 0 Å². The molecule has 1 fully saturated rings. The van der Waals surface area contributed by atoms with Crippen LogP contribution in [-0.4, -0.2) is 40.1 Å². The third-order valence-corrected chi connectivity index (χ3v) is 11.1. The van der Waals surface area contributed by atoms with Gasteiger partial charge in [0.05, 0.1) is 38.8 Å². The van der Waals surface area contributed by atoms with Crippen molar-refractivity contribution in [3.05, 3.63) is 108 Å². The molecule has 3 atom stereocenters. The van der Waals surface area contributed by atoms with E-state index in [1.807, 2.05) is 19.1 Å². The van der Waals surface area contributed by atoms with Crippen LogP contribution in [0.5, 0.6) is 0 Å². The lowest BCUT2D eigenvalue weighted by Crippen LogP contribution is -2.33. The fraction of sp³-hybridized carbons (Fsp3) is 0.219. The number of halogens is 2. The number of aryl methyl sites for hydroxylation is 1. The van der Waals surface area contributed by atoms with E-state index in [0.717, 1.165) is 33.6 Å². The molecule has 2 aliphatic heterocycles. The highest BCUT2D eigenvalue weighted by Crippen LogP contribution is 2.55. The number of amides is 3. The van der Waals surface area contributed by atoms with Crippen LogP contribution >= 0.6 is 46.3 Å². The molecule has 0 spiro atoms. The molecule has 45 heavy (non-hydrogen) atoms. The van der Waals surface area contributed by atoms with E-state index in [4.69, 9.17) is 27.9 Å². The van der Waals surface area contributed by atoms with E-state index in [1.165, 1.54) is 28.8 Å². The minimum absolute atomic E-state index is 0.209. The highest BCUT2D eigenvalue weighted by molar-refractivity contribution is 8.00. The van der Waals surface area contributed by atoms with Crippen molar-refractivity contribution in [1.82, 2.24) is 4.57 Å². The summed E-state index contributed by atoms with van der Waals surface area (Å²) in [6.45, 7) is 3.55. The third-order valence-electron chi connectivity index (χ3n) is 7.64. The molecule has 6 rings (SSSR count). The molecule has 3 heterocycles. The van der Waals surface area contributed by atoms with Gasteiger partial charge in [-0.25, -0.2) is 9.69 Å². The number of nitrogens with zero attached hydrogens (tertiary/aromatic N) is 2. The Hall–Kier alpha value is -3.90. The van der Waals surface area contributed by atoms with Crippen LogP contribution in [0.2, 0.25) is 10.0 Å². The van der Waals surface area contributed by atoms with E-state index in [1.54, 1.807) is 37.3 Å². The number of fused-ring (bicyclic) bond motifs is 2. The number of thiazole rings is 1. The number of rotatable bonds is 7. The largest absolute Gasteiger partial charge is 0.462 e. The van der Waals surface area contributed by atoms with Gasteiger partial charge in [-0.2, -0.15) is 0 Å². The average molecular weight is 683 g/mol. The third kappa shape index (κ3) is 5.69. The standard InChI is InChI=1S/C32H25Cl2N3O6S2/c1-3-43-31(41)17-9-13-19(14-10-17)37-28(39)24-23(20-5-4-6-21(33)25(20)34)27-30(44-26(24)29(37)40)36(32(42)45-27)15-22(38)35-18-11-7-16(2)8-12-18/h4-14,23-24,26H,3,15H2,1-2H3,(H,35,38)/t23-,24-,26+/m0/s1. The van der Waals surface area contributed by atoms with Crippen LogP contribution in [0.25, 0.3) is 0 Å². The SMILES string of the molecule is CCOC(=O)c1ccc(N2C(=O)[C@H]3[C@H](c4cccc(Cl)c4Cl)c4sc(=O)n(CC(=O)Nc5ccc(C)cc5)c4S[C@H]3C2=O)cc1. The van der Waals surface area contributed by atoms with Crippen LogP contribution in [-0.2, 0) is 25.7 Å². The molecule has 3 amide bonds. The number of ether oxygens (including phenoxy) is 1. The smallest absolute Gasteiger partial charge is 0.338 e. The maximum atomic E-state index is 14.1. The summed E-state index contributed by atoms with van der Waals surface area (Å²) in [7, 11) is 0. The molecule has 1 N–H and O–H groups in total. The topological polar surface area (TPSA) is 115 Å². The number of carbonyl (C=O) groups is 4. The van der Waals surface area contributed by atoms with Gasteiger partial charge < -0.3 is 10.1 Å². The number of anilines is 2. The Balaban J connectivity index is 1.39. The zero-order valence-corrected chi connectivity index (χ0v) is 27.1. The van der Waals surface area contributed by atoms with Crippen LogP contribution in [0.1, 0.15) is 39.2 Å². The minimum Gasteiger partial charge on any atom is -0.462 e. The Morgan fingerprint density at radius 2 is 1.67 bits per heavy atom. The number of benzene rings is 3. The first-order valence-corrected chi connectivity index (χ1v) is 16.4. The predicted molar refractivity (Wildman–Crippen MR) is 175 cm³/mol. The fourth-order valence-corrected chi connectivity index (χ4v) is 8.74. The van der Waals surface area contributed by atoms with Crippen molar-refractivity contribution in [2.45, 2.75) is 36.6 Å². The Labute approximate surface area is 276 Å². The number of esters is 1. The molecule has 4 aromatic rings. The van der Waals surface area contributed by atoms with Crippen molar-refractivity contribution in [3.8, 4) is 0 Å². The Morgan fingerprint density at radius 3 is 2.36 bits per heavy atom. The zero-order chi connectivity index (χ0) is 32.0. The van der Waals surface area contributed by atoms with Crippen LogP contribution in [0, 0.1) is 12.8 Å². The summed E-state index contributed by atoms with van der Waals surface area (Å²) >= 11 is 15.1. The molecular formula is C32H25Cl2N3O6S2. The molecule has 9 nitrogen and oxygen atoms in total. The molecule has 13 heteroatoms. The van der Waals surface area contributed by atoms with Crippen LogP contribution < -0.4 is 15.1 Å². The number of nitrogens with one attached hydrogen (secondary N) is 1. The summed E-state index contributed by atoms with van der Waals surface area (Å²) in [5, 5.41) is 2.78. The van der Waals surface area contributed by atoms with Crippen molar-refractivity contribution < 1.29 is 23.9 Å². The summed E-state index contributed by atoms with van der Waals surface area (Å²) < 4.78 is 6.38. The number of imide groups is 1. The van der Waals surface area contributed by atoms with Gasteiger partial charge in [-0.1, -0.05) is 76.1 Å². The Bertz CT molecular complexity index is 1910. The highest BCUT2D eigenvalue weighted by atomic mass is 35.5. The Kier molecular flexibility index (Phi) is 8.62. The lowest BCUT2D eigenvalue weighted by Gasteiger charge is -2.31. The highest BCUT2D eigenvalue weighted by Gasteiger charge is 2.57. The molecule has 3 aromatic carbocycles. The molecule has 0 unspecified atom stereocenters. The van der Waals surface area contributed by atoms with E-state index in [2.05, 4.69) is 5.32 Å². The summed E-state index contributed by atoms with van der Waals surface area (Å²) in [4.78, 5) is 68.0. The molecule has 0 bridgehead atoms. The monoisotopic (exact) mass is 681 g/mol. The number of hydrogen-bond acceptors (Lipinski definition) is 8. The lowest BCUT2D eigenvalue weighted by molar-refractivity contribution is -0.122. The van der Waals surface area contributed by atoms with Gasteiger partial charge in [-0.05, 0) is 61.9 Å². The van der Waals surface area contributed by atoms with Gasteiger partial charge in [0.2, 0.25) is 17.7 Å². The van der Waals surface area contributed by atoms with Crippen molar-refractivity contribution in [2.75, 3.05) is 16.8 Å². The molecule has 0 radical (unpaired) electrons. The Morgan fingerprint density at radius 1 is 0.956 bits per heavy atom. The number of carbonyl (C=O) groups excluding carboxylic acids is 4. The summed E-state index contributed by atoms with van der Waals surface area (Å²) in [5.74, 6) is -3.59. The molecule has 0 aliphatic carbocycles. The molecule has 2 aliphatic rings. The van der Waals surface area contributed by atoms with Crippen LogP contribution in [0.4, 0.5) is 11.4 Å². The quantitative estimate of drug-likeness (QED) is 0.184. The maximum absolute atomic E-state index is 14.1. The lowest BCUT2D eigenvalue weighted by atomic mass is 9.83. The van der Waals surface area contributed by atoms with E-state index in [-0.39, 0.29) is 28.8 Å². The van der Waals surface area contributed by atoms with Gasteiger partial charge in [0.1, 0.15) is 11.8 Å². The van der Waals surface area contributed by atoms with Crippen molar-refractivity contribution in [1.29, 1.82) is 0 Å². The number of aromatic nitrogens is 1. The zero-order valence-electron chi connectivity index (χ0n) is 23.9. The maximum Gasteiger partial charge on any atom is 0.338 e. The minimum atomic E-state index is -0.921. The molecule has 230 valence electrons. The van der Waals surface area contributed by atoms with Gasteiger partial charge in [-0.15, -0.1) is 0 Å². The van der Waals surface area contributed by atoms with Gasteiger partial charge in [0.25, 0.3) is 0 Å². The fourth-order valence-electron chi connectivity index (χ4n) is 5.55. The normalized spacial score (nSPS) is 18.8. The first kappa shape index (κ1) is 31.1. The van der Waals surface area contributed by atoms with Crippen LogP contribution in [0.15, 0.2) is 76.6 Å². The first-order chi connectivity index (χ1) is 21.6. The van der Waals surface area contributed by atoms with Crippen LogP contribution in [0.3, 0.4) is 0 Å². The number of thioether (sulfide) groups is 1.